The maximum absolute atomic E-state index is 13.5. The third kappa shape index (κ3) is 5.59. The molecule has 0 bridgehead atoms. The second kappa shape index (κ2) is 11.0. The van der Waals surface area contributed by atoms with Crippen molar-refractivity contribution in [1.29, 1.82) is 0 Å². The maximum Gasteiger partial charge on any atom is 0.309 e. The smallest absolute Gasteiger partial charge is 0.309 e. The highest BCUT2D eigenvalue weighted by atomic mass is 16.5. The Morgan fingerprint density at radius 1 is 1.11 bits per heavy atom. The second-order valence-electron chi connectivity index (χ2n) is 11.1. The lowest BCUT2D eigenvalue weighted by atomic mass is 9.83. The van der Waals surface area contributed by atoms with Crippen molar-refractivity contribution in [2.75, 3.05) is 6.61 Å². The average Bonchev–Trinajstić information content (AvgIpc) is 3.58. The molecule has 2 N–H and O–H groups in total. The molecule has 2 aromatic rings. The molecule has 0 spiro atoms. The van der Waals surface area contributed by atoms with Crippen LogP contribution in [0, 0.1) is 11.3 Å². The molecular formula is C30H35N3O5. The molecule has 3 aliphatic rings. The van der Waals surface area contributed by atoms with Gasteiger partial charge in [-0.15, -0.1) is 5.10 Å². The molecule has 1 aliphatic heterocycles. The van der Waals surface area contributed by atoms with E-state index >= 15 is 0 Å². The number of carboxylic acids is 1. The molecule has 2 fully saturated rings. The maximum atomic E-state index is 13.5. The summed E-state index contributed by atoms with van der Waals surface area (Å²) in [5.74, 6) is -0.587. The molecule has 2 aliphatic carbocycles. The molecule has 2 aromatic carbocycles. The number of hydrazone groups is 1. The molecule has 200 valence electrons. The van der Waals surface area contributed by atoms with Crippen LogP contribution in [-0.4, -0.2) is 46.4 Å². The van der Waals surface area contributed by atoms with Gasteiger partial charge in [0.2, 0.25) is 11.8 Å². The number of benzene rings is 2. The van der Waals surface area contributed by atoms with E-state index in [2.05, 4.69) is 10.4 Å². The summed E-state index contributed by atoms with van der Waals surface area (Å²) in [6.07, 6.45) is 5.98. The highest BCUT2D eigenvalue weighted by Crippen LogP contribution is 2.40. The van der Waals surface area contributed by atoms with Gasteiger partial charge in [-0.1, -0.05) is 55.3 Å². The van der Waals surface area contributed by atoms with Crippen molar-refractivity contribution < 1.29 is 24.2 Å². The van der Waals surface area contributed by atoms with Gasteiger partial charge >= 0.3 is 5.97 Å². The van der Waals surface area contributed by atoms with Crippen molar-refractivity contribution in [3.8, 4) is 0 Å². The summed E-state index contributed by atoms with van der Waals surface area (Å²) in [4.78, 5) is 37.7. The zero-order chi connectivity index (χ0) is 26.7. The number of ether oxygens (including phenoxy) is 1. The lowest BCUT2D eigenvalue weighted by molar-refractivity contribution is -0.147. The molecule has 3 atom stereocenters. The van der Waals surface area contributed by atoms with E-state index < -0.39 is 11.4 Å². The first-order valence-corrected chi connectivity index (χ1v) is 13.5. The number of aliphatic carboxylic acids is 1. The lowest BCUT2D eigenvalue weighted by Crippen LogP contribution is -2.40. The fourth-order valence-electron chi connectivity index (χ4n) is 6.03. The van der Waals surface area contributed by atoms with E-state index in [-0.39, 0.29) is 36.3 Å². The van der Waals surface area contributed by atoms with Crippen LogP contribution in [0.2, 0.25) is 0 Å². The molecule has 38 heavy (non-hydrogen) atoms. The van der Waals surface area contributed by atoms with Gasteiger partial charge in [-0.2, -0.15) is 0 Å². The largest absolute Gasteiger partial charge is 0.481 e. The summed E-state index contributed by atoms with van der Waals surface area (Å²) >= 11 is 0. The van der Waals surface area contributed by atoms with Crippen LogP contribution in [0.25, 0.3) is 0 Å². The molecule has 8 nitrogen and oxygen atoms in total. The standard InChI is InChI=1S/C30H35N3O5/c1-30(29(36)37)16-15-24(17-30)31-27(35)26(21-7-5-6-8-21)22-13-11-20(12-14-22)18-33-25(34)19-38-28(32-33)23-9-3-2-4-10-23/h2-4,9-14,21,24,26H,5-8,15-19H2,1H3,(H,31,35)(H,36,37)/t24-,26?,30-/m0/s1. The van der Waals surface area contributed by atoms with Gasteiger partial charge in [0, 0.05) is 11.6 Å². The molecular weight excluding hydrogens is 482 g/mol. The minimum atomic E-state index is -0.795. The molecule has 0 aromatic heterocycles. The monoisotopic (exact) mass is 517 g/mol. The zero-order valence-corrected chi connectivity index (χ0v) is 21.8. The minimum Gasteiger partial charge on any atom is -0.481 e. The Morgan fingerprint density at radius 2 is 1.82 bits per heavy atom. The summed E-state index contributed by atoms with van der Waals surface area (Å²) in [7, 11) is 0. The zero-order valence-electron chi connectivity index (χ0n) is 21.8. The number of rotatable bonds is 8. The van der Waals surface area contributed by atoms with Gasteiger partial charge in [0.15, 0.2) is 6.61 Å². The first kappa shape index (κ1) is 25.9. The van der Waals surface area contributed by atoms with E-state index in [1.807, 2.05) is 54.6 Å². The van der Waals surface area contributed by atoms with Crippen molar-refractivity contribution in [1.82, 2.24) is 10.3 Å². The normalized spacial score (nSPS) is 24.6. The number of hydrogen-bond acceptors (Lipinski definition) is 5. The van der Waals surface area contributed by atoms with E-state index in [4.69, 9.17) is 4.74 Å². The van der Waals surface area contributed by atoms with Crippen LogP contribution in [0.4, 0.5) is 0 Å². The summed E-state index contributed by atoms with van der Waals surface area (Å²) in [5.41, 5.74) is 1.91. The van der Waals surface area contributed by atoms with Crippen LogP contribution in [0.5, 0.6) is 0 Å². The van der Waals surface area contributed by atoms with Crippen molar-refractivity contribution in [2.24, 2.45) is 16.4 Å². The number of nitrogens with zero attached hydrogens (tertiary/aromatic N) is 2. The Bertz CT molecular complexity index is 1210. The fraction of sp³-hybridized carbons (Fsp3) is 0.467. The van der Waals surface area contributed by atoms with Crippen molar-refractivity contribution in [2.45, 2.75) is 70.4 Å². The third-order valence-electron chi connectivity index (χ3n) is 8.28. The number of carbonyl (C=O) groups is 3. The van der Waals surface area contributed by atoms with Gasteiger partial charge in [-0.05, 0) is 68.2 Å². The highest BCUT2D eigenvalue weighted by molar-refractivity contribution is 5.97. The molecule has 8 heteroatoms. The van der Waals surface area contributed by atoms with E-state index in [1.54, 1.807) is 6.92 Å². The van der Waals surface area contributed by atoms with Crippen LogP contribution in [0.15, 0.2) is 59.7 Å². The number of hydrogen-bond donors (Lipinski definition) is 2. The Balaban J connectivity index is 1.29. The predicted octanol–water partition coefficient (Wildman–Crippen LogP) is 4.44. The SMILES string of the molecule is C[C@]1(C(=O)O)CC[C@H](NC(=O)C(c2ccc(CN3N=C(c4ccccc4)OCC3=O)cc2)C2CCCC2)C1. The Morgan fingerprint density at radius 3 is 2.47 bits per heavy atom. The molecule has 2 saturated carbocycles. The highest BCUT2D eigenvalue weighted by Gasteiger charge is 2.43. The van der Waals surface area contributed by atoms with Crippen molar-refractivity contribution >= 4 is 23.7 Å². The number of amides is 2. The molecule has 0 saturated heterocycles. The third-order valence-corrected chi connectivity index (χ3v) is 8.28. The van der Waals surface area contributed by atoms with Crippen LogP contribution in [0.3, 0.4) is 0 Å². The Labute approximate surface area is 223 Å². The minimum absolute atomic E-state index is 0.00949. The molecule has 1 heterocycles. The lowest BCUT2D eigenvalue weighted by Gasteiger charge is -2.26. The number of carboxylic acid groups (broad SMARTS) is 1. The van der Waals surface area contributed by atoms with Crippen LogP contribution in [-0.2, 0) is 25.7 Å². The van der Waals surface area contributed by atoms with Crippen molar-refractivity contribution in [3.63, 3.8) is 0 Å². The van der Waals surface area contributed by atoms with Gasteiger partial charge in [0.25, 0.3) is 5.91 Å². The van der Waals surface area contributed by atoms with E-state index in [0.29, 0.717) is 31.7 Å². The van der Waals surface area contributed by atoms with E-state index in [1.165, 1.54) is 5.01 Å². The quantitative estimate of drug-likeness (QED) is 0.538. The summed E-state index contributed by atoms with van der Waals surface area (Å²) < 4.78 is 5.54. The second-order valence-corrected chi connectivity index (χ2v) is 11.1. The van der Waals surface area contributed by atoms with Gasteiger partial charge in [0.05, 0.1) is 17.9 Å². The topological polar surface area (TPSA) is 108 Å². The van der Waals surface area contributed by atoms with Gasteiger partial charge in [-0.3, -0.25) is 14.4 Å². The van der Waals surface area contributed by atoms with Crippen LogP contribution >= 0.6 is 0 Å². The van der Waals surface area contributed by atoms with Gasteiger partial charge < -0.3 is 15.2 Å². The first-order valence-electron chi connectivity index (χ1n) is 13.5. The Hall–Kier alpha value is -3.68. The van der Waals surface area contributed by atoms with E-state index in [0.717, 1.165) is 42.4 Å². The molecule has 1 unspecified atom stereocenters. The summed E-state index contributed by atoms with van der Waals surface area (Å²) in [5, 5.41) is 18.6. The Kier molecular flexibility index (Phi) is 7.49. The van der Waals surface area contributed by atoms with E-state index in [9.17, 15) is 19.5 Å². The number of nitrogens with one attached hydrogen (secondary N) is 1. The summed E-state index contributed by atoms with van der Waals surface area (Å²) in [6.45, 7) is 2.02. The van der Waals surface area contributed by atoms with Crippen LogP contribution in [0.1, 0.15) is 74.5 Å². The predicted molar refractivity (Wildman–Crippen MR) is 142 cm³/mol. The van der Waals surface area contributed by atoms with Crippen molar-refractivity contribution in [3.05, 3.63) is 71.3 Å². The fourth-order valence-corrected chi connectivity index (χ4v) is 6.03. The van der Waals surface area contributed by atoms with Crippen LogP contribution < -0.4 is 5.32 Å². The molecule has 5 rings (SSSR count). The van der Waals surface area contributed by atoms with Gasteiger partial charge in [-0.25, -0.2) is 5.01 Å². The van der Waals surface area contributed by atoms with Gasteiger partial charge in [0.1, 0.15) is 0 Å². The first-order chi connectivity index (χ1) is 18.3. The molecule has 0 radical (unpaired) electrons. The summed E-state index contributed by atoms with van der Waals surface area (Å²) in [6, 6.07) is 17.3. The average molecular weight is 518 g/mol. The molecule has 2 amide bonds. The number of carbonyl (C=O) groups excluding carboxylic acids is 2.